The van der Waals surface area contributed by atoms with Crippen molar-refractivity contribution in [1.82, 2.24) is 10.2 Å². The van der Waals surface area contributed by atoms with E-state index in [1.165, 1.54) is 5.56 Å². The standard InChI is InChI=1S/C23H24N4O3/c24-17-7-6-14-5-2-10-26(19(14)11-17)12-15-3-1-4-16-13-27(23(30)21(15)16)18-8-9-20(28)25-22(18)29/h1,3-4,6-7,11,18H,2,5,8-10,12-13,24H2,(H,25,28,29). The highest BCUT2D eigenvalue weighted by atomic mass is 16.2. The van der Waals surface area contributed by atoms with E-state index in [0.29, 0.717) is 25.1 Å². The highest BCUT2D eigenvalue weighted by molar-refractivity contribution is 6.06. The van der Waals surface area contributed by atoms with Gasteiger partial charge in [0.2, 0.25) is 11.8 Å². The summed E-state index contributed by atoms with van der Waals surface area (Å²) in [7, 11) is 0. The van der Waals surface area contributed by atoms with Crippen molar-refractivity contribution in [1.29, 1.82) is 0 Å². The van der Waals surface area contributed by atoms with Gasteiger partial charge in [0.25, 0.3) is 5.91 Å². The Kier molecular flexibility index (Phi) is 4.46. The van der Waals surface area contributed by atoms with Crippen LogP contribution in [0, 0.1) is 0 Å². The predicted molar refractivity (Wildman–Crippen MR) is 113 cm³/mol. The van der Waals surface area contributed by atoms with Crippen LogP contribution in [0.25, 0.3) is 0 Å². The average Bonchev–Trinajstić information content (AvgIpc) is 3.06. The van der Waals surface area contributed by atoms with Crippen LogP contribution in [0.3, 0.4) is 0 Å². The lowest BCUT2D eigenvalue weighted by Crippen LogP contribution is -2.52. The number of piperidine rings is 1. The molecule has 3 aliphatic rings. The van der Waals surface area contributed by atoms with Gasteiger partial charge in [-0.2, -0.15) is 0 Å². The summed E-state index contributed by atoms with van der Waals surface area (Å²) in [5.41, 5.74) is 11.8. The van der Waals surface area contributed by atoms with Gasteiger partial charge in [0.1, 0.15) is 6.04 Å². The zero-order valence-corrected chi connectivity index (χ0v) is 16.7. The van der Waals surface area contributed by atoms with Gasteiger partial charge in [-0.05, 0) is 48.1 Å². The van der Waals surface area contributed by atoms with Crippen molar-refractivity contribution >= 4 is 29.1 Å². The topological polar surface area (TPSA) is 95.7 Å². The highest BCUT2D eigenvalue weighted by Crippen LogP contribution is 2.34. The molecule has 0 spiro atoms. The van der Waals surface area contributed by atoms with Crippen LogP contribution in [0.4, 0.5) is 11.4 Å². The van der Waals surface area contributed by atoms with Gasteiger partial charge in [0.05, 0.1) is 0 Å². The van der Waals surface area contributed by atoms with Crippen LogP contribution in [0.15, 0.2) is 36.4 Å². The number of carbonyl (C=O) groups is 3. The number of benzene rings is 2. The first kappa shape index (κ1) is 18.7. The van der Waals surface area contributed by atoms with Crippen LogP contribution < -0.4 is 16.0 Å². The van der Waals surface area contributed by atoms with Gasteiger partial charge in [-0.1, -0.05) is 24.3 Å². The van der Waals surface area contributed by atoms with E-state index in [4.69, 9.17) is 5.73 Å². The number of imide groups is 1. The molecule has 154 valence electrons. The SMILES string of the molecule is Nc1ccc2c(c1)N(Cc1cccc3c1C(=O)N(C1CCC(=O)NC1=O)C3)CCC2. The van der Waals surface area contributed by atoms with E-state index >= 15 is 0 Å². The average molecular weight is 404 g/mol. The second kappa shape index (κ2) is 7.16. The second-order valence-electron chi connectivity index (χ2n) is 8.26. The third-order valence-corrected chi connectivity index (χ3v) is 6.32. The summed E-state index contributed by atoms with van der Waals surface area (Å²) in [6.07, 6.45) is 2.72. The number of nitrogens with zero attached hydrogens (tertiary/aromatic N) is 2. The van der Waals surface area contributed by atoms with Gasteiger partial charge in [0, 0.05) is 43.0 Å². The number of nitrogens with one attached hydrogen (secondary N) is 1. The maximum atomic E-state index is 13.3. The zero-order chi connectivity index (χ0) is 20.8. The van der Waals surface area contributed by atoms with Crippen LogP contribution in [-0.2, 0) is 29.1 Å². The van der Waals surface area contributed by atoms with Crippen molar-refractivity contribution in [3.05, 3.63) is 58.7 Å². The molecule has 0 bridgehead atoms. The van der Waals surface area contributed by atoms with Gasteiger partial charge >= 0.3 is 0 Å². The van der Waals surface area contributed by atoms with E-state index in [9.17, 15) is 14.4 Å². The van der Waals surface area contributed by atoms with E-state index in [1.54, 1.807) is 4.90 Å². The smallest absolute Gasteiger partial charge is 0.255 e. The van der Waals surface area contributed by atoms with Crippen molar-refractivity contribution in [2.24, 2.45) is 0 Å². The molecule has 1 atom stereocenters. The molecule has 1 saturated heterocycles. The quantitative estimate of drug-likeness (QED) is 0.603. The van der Waals surface area contributed by atoms with Crippen molar-refractivity contribution in [2.75, 3.05) is 17.2 Å². The Bertz CT molecular complexity index is 1060. The van der Waals surface area contributed by atoms with Crippen molar-refractivity contribution in [3.63, 3.8) is 0 Å². The fourth-order valence-electron chi connectivity index (χ4n) is 4.86. The Morgan fingerprint density at radius 1 is 1.07 bits per heavy atom. The molecule has 3 amide bonds. The van der Waals surface area contributed by atoms with Crippen LogP contribution in [0.2, 0.25) is 0 Å². The molecule has 30 heavy (non-hydrogen) atoms. The molecule has 0 saturated carbocycles. The van der Waals surface area contributed by atoms with E-state index in [2.05, 4.69) is 16.3 Å². The molecule has 3 aliphatic heterocycles. The molecule has 5 rings (SSSR count). The van der Waals surface area contributed by atoms with Crippen LogP contribution in [-0.4, -0.2) is 35.2 Å². The first-order valence-electron chi connectivity index (χ1n) is 10.4. The van der Waals surface area contributed by atoms with Crippen LogP contribution >= 0.6 is 0 Å². The summed E-state index contributed by atoms with van der Waals surface area (Å²) in [6.45, 7) is 1.93. The van der Waals surface area contributed by atoms with E-state index in [0.717, 1.165) is 41.9 Å². The fourth-order valence-corrected chi connectivity index (χ4v) is 4.86. The highest BCUT2D eigenvalue weighted by Gasteiger charge is 2.40. The molecule has 3 N–H and O–H groups in total. The molecule has 0 aliphatic carbocycles. The van der Waals surface area contributed by atoms with Crippen molar-refractivity contribution < 1.29 is 14.4 Å². The minimum atomic E-state index is -0.592. The number of rotatable bonds is 3. The number of hydrogen-bond donors (Lipinski definition) is 2. The molecule has 2 aromatic rings. The third kappa shape index (κ3) is 3.10. The van der Waals surface area contributed by atoms with Gasteiger partial charge in [-0.3, -0.25) is 19.7 Å². The molecule has 0 radical (unpaired) electrons. The van der Waals surface area contributed by atoms with Crippen LogP contribution in [0.1, 0.15) is 46.3 Å². The molecule has 7 heteroatoms. The largest absolute Gasteiger partial charge is 0.399 e. The molecule has 3 heterocycles. The molecular formula is C23H24N4O3. The minimum Gasteiger partial charge on any atom is -0.399 e. The number of hydrogen-bond acceptors (Lipinski definition) is 5. The molecule has 0 aromatic heterocycles. The lowest BCUT2D eigenvalue weighted by Gasteiger charge is -2.32. The maximum Gasteiger partial charge on any atom is 0.255 e. The Balaban J connectivity index is 1.43. The van der Waals surface area contributed by atoms with E-state index < -0.39 is 6.04 Å². The lowest BCUT2D eigenvalue weighted by atomic mass is 9.98. The zero-order valence-electron chi connectivity index (χ0n) is 16.7. The molecule has 2 aromatic carbocycles. The Morgan fingerprint density at radius 2 is 1.93 bits per heavy atom. The monoisotopic (exact) mass is 404 g/mol. The minimum absolute atomic E-state index is 0.125. The molecule has 1 fully saturated rings. The number of nitrogen functional groups attached to an aromatic ring is 1. The first-order chi connectivity index (χ1) is 14.5. The van der Waals surface area contributed by atoms with Gasteiger partial charge in [-0.25, -0.2) is 0 Å². The molecule has 1 unspecified atom stereocenters. The van der Waals surface area contributed by atoms with Gasteiger partial charge in [-0.15, -0.1) is 0 Å². The number of aryl methyl sites for hydroxylation is 1. The van der Waals surface area contributed by atoms with Crippen molar-refractivity contribution in [2.45, 2.75) is 44.8 Å². The molecular weight excluding hydrogens is 380 g/mol. The lowest BCUT2D eigenvalue weighted by molar-refractivity contribution is -0.136. The van der Waals surface area contributed by atoms with Crippen LogP contribution in [0.5, 0.6) is 0 Å². The Morgan fingerprint density at radius 3 is 2.77 bits per heavy atom. The number of anilines is 2. The number of amides is 3. The summed E-state index contributed by atoms with van der Waals surface area (Å²) in [4.78, 5) is 41.0. The van der Waals surface area contributed by atoms with Gasteiger partial charge in [0.15, 0.2) is 0 Å². The van der Waals surface area contributed by atoms with Crippen molar-refractivity contribution in [3.8, 4) is 0 Å². The summed E-state index contributed by atoms with van der Waals surface area (Å²) < 4.78 is 0. The second-order valence-corrected chi connectivity index (χ2v) is 8.26. The summed E-state index contributed by atoms with van der Waals surface area (Å²) in [5.74, 6) is -0.779. The molecule has 7 nitrogen and oxygen atoms in total. The number of fused-ring (bicyclic) bond motifs is 2. The third-order valence-electron chi connectivity index (χ3n) is 6.32. The maximum absolute atomic E-state index is 13.3. The summed E-state index contributed by atoms with van der Waals surface area (Å²) in [6, 6.07) is 11.3. The predicted octanol–water partition coefficient (Wildman–Crippen LogP) is 1.98. The van der Waals surface area contributed by atoms with Gasteiger partial charge < -0.3 is 15.5 Å². The summed E-state index contributed by atoms with van der Waals surface area (Å²) >= 11 is 0. The normalized spacial score (nSPS) is 20.8. The fraction of sp³-hybridized carbons (Fsp3) is 0.348. The Labute approximate surface area is 174 Å². The number of nitrogens with two attached hydrogens (primary N) is 1. The van der Waals surface area contributed by atoms with E-state index in [-0.39, 0.29) is 24.1 Å². The first-order valence-corrected chi connectivity index (χ1v) is 10.4. The summed E-state index contributed by atoms with van der Waals surface area (Å²) in [5, 5.41) is 2.36. The number of carbonyl (C=O) groups excluding carboxylic acids is 3. The van der Waals surface area contributed by atoms with E-state index in [1.807, 2.05) is 30.3 Å². The Hall–Kier alpha value is -3.35.